The van der Waals surface area contributed by atoms with Crippen molar-refractivity contribution >= 4 is 29.9 Å². The van der Waals surface area contributed by atoms with Crippen LogP contribution in [0.4, 0.5) is 0 Å². The fraction of sp³-hybridized carbons (Fsp3) is 0.118. The van der Waals surface area contributed by atoms with Gasteiger partial charge in [0.05, 0.1) is 13.4 Å². The number of thioether (sulfide) groups is 1. The van der Waals surface area contributed by atoms with Crippen molar-refractivity contribution in [1.82, 2.24) is 15.2 Å². The monoisotopic (exact) mass is 341 g/mol. The number of ether oxygens (including phenoxy) is 1. The third-order valence-corrected chi connectivity index (χ3v) is 4.09. The van der Waals surface area contributed by atoms with Gasteiger partial charge in [0.15, 0.2) is 0 Å². The predicted molar refractivity (Wildman–Crippen MR) is 91.4 cm³/mol. The van der Waals surface area contributed by atoms with E-state index in [1.807, 2.05) is 42.5 Å². The summed E-state index contributed by atoms with van der Waals surface area (Å²) in [6.45, 7) is 0. The topological polar surface area (TPSA) is 81.0 Å². The van der Waals surface area contributed by atoms with Crippen LogP contribution >= 0.6 is 11.8 Å². The van der Waals surface area contributed by atoms with Crippen molar-refractivity contribution < 1.29 is 13.9 Å². The average Bonchev–Trinajstić information content (AvgIpc) is 3.27. The number of carbonyl (C=O) groups is 1. The Morgan fingerprint density at radius 3 is 2.92 bits per heavy atom. The molecule has 1 aromatic carbocycles. The molecule has 0 radical (unpaired) electrons. The molecular formula is C17H15N3O3S. The number of nitrogens with zero attached hydrogens (tertiary/aromatic N) is 2. The van der Waals surface area contributed by atoms with E-state index in [1.54, 1.807) is 6.07 Å². The van der Waals surface area contributed by atoms with Gasteiger partial charge in [-0.1, -0.05) is 48.2 Å². The number of aromatic amines is 1. The Morgan fingerprint density at radius 2 is 2.12 bits per heavy atom. The lowest BCUT2D eigenvalue weighted by atomic mass is 10.2. The minimum absolute atomic E-state index is 0.213. The minimum Gasteiger partial charge on any atom is -0.463 e. The molecule has 2 aromatic heterocycles. The summed E-state index contributed by atoms with van der Waals surface area (Å²) in [6.07, 6.45) is 5.29. The van der Waals surface area contributed by atoms with E-state index in [0.29, 0.717) is 16.7 Å². The quantitative estimate of drug-likeness (QED) is 0.544. The number of hydrogen-bond acceptors (Lipinski definition) is 6. The highest BCUT2D eigenvalue weighted by molar-refractivity contribution is 7.98. The maximum absolute atomic E-state index is 11.6. The van der Waals surface area contributed by atoms with Gasteiger partial charge in [0.1, 0.15) is 5.82 Å². The molecule has 7 heteroatoms. The molecule has 122 valence electrons. The first kappa shape index (κ1) is 16.1. The van der Waals surface area contributed by atoms with Crippen LogP contribution < -0.4 is 0 Å². The lowest BCUT2D eigenvalue weighted by molar-refractivity contribution is 0.0564. The molecule has 0 aliphatic carbocycles. The second-order valence-corrected chi connectivity index (χ2v) is 5.74. The normalized spacial score (nSPS) is 11.0. The van der Waals surface area contributed by atoms with Crippen LogP contribution in [0.1, 0.15) is 27.5 Å². The minimum atomic E-state index is -0.489. The third-order valence-electron chi connectivity index (χ3n) is 3.19. The third kappa shape index (κ3) is 3.94. The molecule has 24 heavy (non-hydrogen) atoms. The Bertz CT molecular complexity index is 840. The fourth-order valence-electron chi connectivity index (χ4n) is 2.00. The van der Waals surface area contributed by atoms with Crippen LogP contribution in [0, 0.1) is 0 Å². The lowest BCUT2D eigenvalue weighted by Crippen LogP contribution is -2.02. The van der Waals surface area contributed by atoms with Gasteiger partial charge in [0.2, 0.25) is 10.9 Å². The Kier molecular flexibility index (Phi) is 5.12. The first-order valence-electron chi connectivity index (χ1n) is 7.19. The van der Waals surface area contributed by atoms with E-state index in [0.717, 1.165) is 11.1 Å². The van der Waals surface area contributed by atoms with Gasteiger partial charge in [-0.05, 0) is 17.7 Å². The zero-order chi connectivity index (χ0) is 16.8. The van der Waals surface area contributed by atoms with Gasteiger partial charge in [-0.3, -0.25) is 5.10 Å². The number of esters is 1. The SMILES string of the molecule is COC(=O)c1occc1CSc1n[nH]c(/C=C/c2ccccc2)n1. The maximum Gasteiger partial charge on any atom is 0.374 e. The summed E-state index contributed by atoms with van der Waals surface area (Å²) >= 11 is 1.41. The van der Waals surface area contributed by atoms with E-state index in [4.69, 9.17) is 4.42 Å². The molecule has 1 N–H and O–H groups in total. The van der Waals surface area contributed by atoms with Crippen molar-refractivity contribution in [2.24, 2.45) is 0 Å². The molecule has 0 saturated carbocycles. The van der Waals surface area contributed by atoms with Crippen molar-refractivity contribution in [3.63, 3.8) is 0 Å². The molecule has 2 heterocycles. The Hall–Kier alpha value is -2.80. The fourth-order valence-corrected chi connectivity index (χ4v) is 2.78. The molecule has 0 atom stereocenters. The molecule has 0 aliphatic rings. The van der Waals surface area contributed by atoms with E-state index in [1.165, 1.54) is 25.1 Å². The summed E-state index contributed by atoms with van der Waals surface area (Å²) < 4.78 is 9.83. The number of nitrogens with one attached hydrogen (secondary N) is 1. The van der Waals surface area contributed by atoms with Crippen molar-refractivity contribution in [1.29, 1.82) is 0 Å². The summed E-state index contributed by atoms with van der Waals surface area (Å²) in [5.74, 6) is 0.907. The zero-order valence-electron chi connectivity index (χ0n) is 12.9. The van der Waals surface area contributed by atoms with Crippen LogP contribution in [-0.4, -0.2) is 28.3 Å². The molecule has 6 nitrogen and oxygen atoms in total. The number of carbonyl (C=O) groups excluding carboxylic acids is 1. The van der Waals surface area contributed by atoms with Crippen molar-refractivity contribution in [2.75, 3.05) is 7.11 Å². The van der Waals surface area contributed by atoms with Gasteiger partial charge in [-0.25, -0.2) is 9.78 Å². The van der Waals surface area contributed by atoms with Crippen LogP contribution in [0.3, 0.4) is 0 Å². The van der Waals surface area contributed by atoms with Crippen LogP contribution in [0.2, 0.25) is 0 Å². The highest BCUT2D eigenvalue weighted by atomic mass is 32.2. The number of rotatable bonds is 6. The number of benzene rings is 1. The highest BCUT2D eigenvalue weighted by Crippen LogP contribution is 2.23. The van der Waals surface area contributed by atoms with Gasteiger partial charge >= 0.3 is 5.97 Å². The number of aromatic nitrogens is 3. The first-order valence-corrected chi connectivity index (χ1v) is 8.18. The maximum atomic E-state index is 11.6. The summed E-state index contributed by atoms with van der Waals surface area (Å²) in [5, 5.41) is 7.62. The average molecular weight is 341 g/mol. The molecule has 3 rings (SSSR count). The Balaban J connectivity index is 1.62. The number of methoxy groups -OCH3 is 1. The summed E-state index contributed by atoms with van der Waals surface area (Å²) in [7, 11) is 1.32. The molecule has 0 fully saturated rings. The van der Waals surface area contributed by atoms with Gasteiger partial charge in [-0.2, -0.15) is 0 Å². The predicted octanol–water partition coefficient (Wildman–Crippen LogP) is 3.65. The van der Waals surface area contributed by atoms with Gasteiger partial charge < -0.3 is 9.15 Å². The largest absolute Gasteiger partial charge is 0.463 e. The summed E-state index contributed by atoms with van der Waals surface area (Å²) in [6, 6.07) is 11.7. The highest BCUT2D eigenvalue weighted by Gasteiger charge is 2.16. The summed E-state index contributed by atoms with van der Waals surface area (Å²) in [5.41, 5.74) is 1.84. The molecule has 0 unspecified atom stereocenters. The van der Waals surface area contributed by atoms with Gasteiger partial charge in [0, 0.05) is 11.3 Å². The summed E-state index contributed by atoms with van der Waals surface area (Å²) in [4.78, 5) is 15.9. The number of hydrogen-bond donors (Lipinski definition) is 1. The van der Waals surface area contributed by atoms with E-state index >= 15 is 0 Å². The molecule has 0 amide bonds. The van der Waals surface area contributed by atoms with Gasteiger partial charge in [-0.15, -0.1) is 5.10 Å². The smallest absolute Gasteiger partial charge is 0.374 e. The standard InChI is InChI=1S/C17H15N3O3S/c1-22-16(21)15-13(9-10-23-15)11-24-17-18-14(19-20-17)8-7-12-5-3-2-4-6-12/h2-10H,11H2,1H3,(H,18,19,20)/b8-7+. The first-order chi connectivity index (χ1) is 11.8. The van der Waals surface area contributed by atoms with Crippen LogP contribution in [0.5, 0.6) is 0 Å². The van der Waals surface area contributed by atoms with Crippen LogP contribution in [0.25, 0.3) is 12.2 Å². The molecule has 0 bridgehead atoms. The van der Waals surface area contributed by atoms with E-state index in [2.05, 4.69) is 19.9 Å². The second-order valence-electron chi connectivity index (χ2n) is 4.80. The van der Waals surface area contributed by atoms with E-state index in [9.17, 15) is 4.79 Å². The number of furan rings is 1. The Labute approximate surface area is 142 Å². The molecule has 3 aromatic rings. The molecule has 0 aliphatic heterocycles. The second kappa shape index (κ2) is 7.65. The molecule has 0 spiro atoms. The van der Waals surface area contributed by atoms with Crippen molar-refractivity contribution in [2.45, 2.75) is 10.9 Å². The van der Waals surface area contributed by atoms with Gasteiger partial charge in [0.25, 0.3) is 0 Å². The van der Waals surface area contributed by atoms with E-state index < -0.39 is 5.97 Å². The zero-order valence-corrected chi connectivity index (χ0v) is 13.7. The van der Waals surface area contributed by atoms with E-state index in [-0.39, 0.29) is 5.76 Å². The Morgan fingerprint density at radius 1 is 1.29 bits per heavy atom. The van der Waals surface area contributed by atoms with Crippen molar-refractivity contribution in [3.8, 4) is 0 Å². The number of H-pyrrole nitrogens is 1. The lowest BCUT2D eigenvalue weighted by Gasteiger charge is -1.98. The van der Waals surface area contributed by atoms with Crippen molar-refractivity contribution in [3.05, 3.63) is 65.4 Å². The molecular weight excluding hydrogens is 326 g/mol. The van der Waals surface area contributed by atoms with Crippen LogP contribution in [-0.2, 0) is 10.5 Å². The van der Waals surface area contributed by atoms with Crippen LogP contribution in [0.15, 0.2) is 52.2 Å². The molecule has 0 saturated heterocycles.